The van der Waals surface area contributed by atoms with Crippen molar-refractivity contribution in [3.05, 3.63) is 17.7 Å². The minimum absolute atomic E-state index is 0. The molecule has 0 saturated carbocycles. The molecule has 0 aliphatic heterocycles. The first-order chi connectivity index (χ1) is 6.73. The van der Waals surface area contributed by atoms with Crippen LogP contribution < -0.4 is 119 Å². The summed E-state index contributed by atoms with van der Waals surface area (Å²) in [6.45, 7) is 0. The number of hydrogen-bond acceptors (Lipinski definition) is 6. The number of carboxylic acids is 1. The van der Waals surface area contributed by atoms with Gasteiger partial charge in [-0.1, -0.05) is 5.75 Å². The summed E-state index contributed by atoms with van der Waals surface area (Å²) in [6.07, 6.45) is 0. The Balaban J connectivity index is 0. The fraction of sp³-hybridized carbons (Fsp3) is 0. The molecule has 1 aromatic rings. The quantitative estimate of drug-likeness (QED) is 0.313. The molecular formula is C7H5K2NO6S. The molecule has 0 heterocycles. The molecule has 1 aromatic carbocycles. The van der Waals surface area contributed by atoms with Crippen LogP contribution in [-0.2, 0) is 10.1 Å². The van der Waals surface area contributed by atoms with Crippen molar-refractivity contribution in [2.24, 2.45) is 0 Å². The summed E-state index contributed by atoms with van der Waals surface area (Å²) < 4.78 is 29.9. The second kappa shape index (κ2) is 7.92. The number of rotatable bonds is 2. The van der Waals surface area contributed by atoms with Crippen LogP contribution in [-0.4, -0.2) is 18.9 Å². The monoisotopic (exact) mass is 309 g/mol. The van der Waals surface area contributed by atoms with Crippen LogP contribution >= 0.6 is 0 Å². The number of hydrogen-bond donors (Lipinski definition) is 2. The second-order valence-corrected chi connectivity index (χ2v) is 4.05. The number of aromatic carboxylic acids is 1. The van der Waals surface area contributed by atoms with Gasteiger partial charge in [0, 0.05) is 5.69 Å². The first kappa shape index (κ1) is 20.8. The van der Waals surface area contributed by atoms with Crippen molar-refractivity contribution >= 4 is 21.8 Å². The zero-order valence-electron chi connectivity index (χ0n) is 9.13. The Morgan fingerprint density at radius 1 is 1.29 bits per heavy atom. The maximum absolute atomic E-state index is 11.2. The minimum atomic E-state index is -4.80. The zero-order valence-corrected chi connectivity index (χ0v) is 16.2. The van der Waals surface area contributed by atoms with Crippen molar-refractivity contribution < 1.29 is 131 Å². The predicted molar refractivity (Wildman–Crippen MR) is 44.4 cm³/mol. The Kier molecular flexibility index (Phi) is 9.68. The number of carboxylic acid groups (broad SMARTS) is 1. The van der Waals surface area contributed by atoms with E-state index in [1.807, 2.05) is 0 Å². The van der Waals surface area contributed by atoms with Crippen molar-refractivity contribution in [3.8, 4) is 5.75 Å². The topological polar surface area (TPSA) is 144 Å². The Bertz CT molecular complexity index is 529. The van der Waals surface area contributed by atoms with E-state index in [9.17, 15) is 23.4 Å². The predicted octanol–water partition coefficient (Wildman–Crippen LogP) is -8.04. The van der Waals surface area contributed by atoms with E-state index in [0.29, 0.717) is 6.07 Å². The van der Waals surface area contributed by atoms with Crippen LogP contribution in [0.15, 0.2) is 17.0 Å². The van der Waals surface area contributed by atoms with Crippen molar-refractivity contribution in [2.75, 3.05) is 5.73 Å². The van der Waals surface area contributed by atoms with Crippen LogP contribution in [0.1, 0.15) is 10.4 Å². The van der Waals surface area contributed by atoms with Crippen LogP contribution in [0.3, 0.4) is 0 Å². The molecule has 0 unspecified atom stereocenters. The fourth-order valence-electron chi connectivity index (χ4n) is 0.967. The molecule has 10 heteroatoms. The molecule has 0 atom stereocenters. The largest absolute Gasteiger partial charge is 1.00 e. The first-order valence-corrected chi connectivity index (χ1v) is 4.97. The van der Waals surface area contributed by atoms with Gasteiger partial charge in [-0.15, -0.1) is 0 Å². The maximum atomic E-state index is 11.2. The van der Waals surface area contributed by atoms with E-state index >= 15 is 0 Å². The molecule has 82 valence electrons. The van der Waals surface area contributed by atoms with E-state index in [1.165, 1.54) is 0 Å². The van der Waals surface area contributed by atoms with Gasteiger partial charge in [0.2, 0.25) is 0 Å². The average Bonchev–Trinajstić information content (AvgIpc) is 2.06. The molecule has 0 bridgehead atoms. The number of anilines is 1. The third-order valence-corrected chi connectivity index (χ3v) is 2.43. The van der Waals surface area contributed by atoms with Crippen LogP contribution in [0.2, 0.25) is 0 Å². The summed E-state index contributed by atoms with van der Waals surface area (Å²) in [5.41, 5.74) is 3.97. The number of nitrogens with two attached hydrogens (primary N) is 1. The molecule has 1 rings (SSSR count). The van der Waals surface area contributed by atoms with Gasteiger partial charge in [0.05, 0.1) is 10.9 Å². The summed E-state index contributed by atoms with van der Waals surface area (Å²) in [7, 11) is -4.80. The van der Waals surface area contributed by atoms with Gasteiger partial charge < -0.3 is 20.7 Å². The normalized spacial score (nSPS) is 9.94. The van der Waals surface area contributed by atoms with Gasteiger partial charge in [-0.2, -0.15) is 8.42 Å². The fourth-order valence-corrected chi connectivity index (χ4v) is 1.60. The SMILES string of the molecule is Nc1cc(C(=O)[O-])c([O-])c(S(=O)(=O)O)c1.[K+].[K+]. The van der Waals surface area contributed by atoms with Crippen molar-refractivity contribution in [2.45, 2.75) is 4.90 Å². The molecule has 0 aliphatic carbocycles. The third-order valence-electron chi connectivity index (χ3n) is 1.58. The Labute approximate surface area is 182 Å². The van der Waals surface area contributed by atoms with Gasteiger partial charge in [-0.05, 0) is 17.7 Å². The first-order valence-electron chi connectivity index (χ1n) is 3.53. The molecule has 0 amide bonds. The van der Waals surface area contributed by atoms with Gasteiger partial charge in [-0.25, -0.2) is 0 Å². The van der Waals surface area contributed by atoms with Crippen LogP contribution in [0.25, 0.3) is 0 Å². The van der Waals surface area contributed by atoms with Crippen LogP contribution in [0.4, 0.5) is 5.69 Å². The Morgan fingerprint density at radius 3 is 2.12 bits per heavy atom. The van der Waals surface area contributed by atoms with Gasteiger partial charge >= 0.3 is 103 Å². The van der Waals surface area contributed by atoms with Crippen molar-refractivity contribution in [3.63, 3.8) is 0 Å². The number of carbonyl (C=O) groups excluding carboxylic acids is 1. The average molecular weight is 309 g/mol. The molecular weight excluding hydrogens is 304 g/mol. The van der Waals surface area contributed by atoms with Gasteiger partial charge in [-0.3, -0.25) is 4.55 Å². The molecule has 0 aliphatic rings. The molecule has 0 aromatic heterocycles. The molecule has 3 N–H and O–H groups in total. The van der Waals surface area contributed by atoms with E-state index in [0.717, 1.165) is 6.07 Å². The molecule has 17 heavy (non-hydrogen) atoms. The molecule has 0 radical (unpaired) electrons. The number of nitrogen functional groups attached to an aromatic ring is 1. The Morgan fingerprint density at radius 2 is 1.76 bits per heavy atom. The van der Waals surface area contributed by atoms with E-state index < -0.39 is 32.3 Å². The van der Waals surface area contributed by atoms with Crippen molar-refractivity contribution in [1.29, 1.82) is 0 Å². The second-order valence-electron chi connectivity index (χ2n) is 2.66. The van der Waals surface area contributed by atoms with Gasteiger partial charge in [0.25, 0.3) is 10.1 Å². The number of benzene rings is 1. The third kappa shape index (κ3) is 5.54. The van der Waals surface area contributed by atoms with E-state index in [4.69, 9.17) is 10.3 Å². The van der Waals surface area contributed by atoms with E-state index in [1.54, 1.807) is 0 Å². The molecule has 0 saturated heterocycles. The summed E-state index contributed by atoms with van der Waals surface area (Å²) in [4.78, 5) is 9.33. The molecule has 0 fully saturated rings. The summed E-state index contributed by atoms with van der Waals surface area (Å²) >= 11 is 0. The maximum Gasteiger partial charge on any atom is 1.00 e. The van der Waals surface area contributed by atoms with E-state index in [2.05, 4.69) is 0 Å². The number of carbonyl (C=O) groups is 1. The zero-order chi connectivity index (χ0) is 11.8. The standard InChI is InChI=1S/C7H7NO6S.2K/c8-3-1-4(7(10)11)6(9)5(2-3)15(12,13)14;;/h1-2,9H,8H2,(H,10,11)(H,12,13,14);;/q;2*+1/p-2. The van der Waals surface area contributed by atoms with E-state index in [-0.39, 0.29) is 108 Å². The summed E-state index contributed by atoms with van der Waals surface area (Å²) in [5.74, 6) is -3.22. The van der Waals surface area contributed by atoms with Crippen LogP contribution in [0, 0.1) is 0 Å². The summed E-state index contributed by atoms with van der Waals surface area (Å²) in [6, 6.07) is 1.43. The summed E-state index contributed by atoms with van der Waals surface area (Å²) in [5, 5.41) is 21.6. The van der Waals surface area contributed by atoms with Gasteiger partial charge in [0.1, 0.15) is 0 Å². The molecule has 7 nitrogen and oxygen atoms in total. The van der Waals surface area contributed by atoms with Gasteiger partial charge in [0.15, 0.2) is 0 Å². The Hall–Kier alpha value is 1.47. The van der Waals surface area contributed by atoms with Crippen LogP contribution in [0.5, 0.6) is 5.75 Å². The minimum Gasteiger partial charge on any atom is -0.871 e. The smallest absolute Gasteiger partial charge is 0.871 e. The molecule has 0 spiro atoms. The van der Waals surface area contributed by atoms with Crippen molar-refractivity contribution in [1.82, 2.24) is 0 Å².